The summed E-state index contributed by atoms with van der Waals surface area (Å²) in [4.78, 5) is 10.5. The molecule has 0 aliphatic rings. The molecule has 0 radical (unpaired) electrons. The molecule has 9 aromatic rings. The number of pyridine rings is 2. The van der Waals surface area contributed by atoms with Gasteiger partial charge in [0.05, 0.1) is 56.7 Å². The molecule has 6 nitrogen and oxygen atoms in total. The van der Waals surface area contributed by atoms with Gasteiger partial charge in [0.15, 0.2) is 0 Å². The van der Waals surface area contributed by atoms with E-state index in [0.717, 1.165) is 77.8 Å². The molecule has 0 unspecified atom stereocenters. The quantitative estimate of drug-likeness (QED) is 0.198. The summed E-state index contributed by atoms with van der Waals surface area (Å²) in [6.07, 6.45) is 0. The molecule has 4 heterocycles. The zero-order chi connectivity index (χ0) is 32.2. The molecule has 0 atom stereocenters. The number of nitrogens with zero attached hydrogens (tertiary/aromatic N) is 6. The van der Waals surface area contributed by atoms with Crippen LogP contribution in [0.25, 0.3) is 77.8 Å². The van der Waals surface area contributed by atoms with Gasteiger partial charge in [-0.25, -0.2) is 9.97 Å². The Bertz CT molecular complexity index is 2770. The first-order valence-corrected chi connectivity index (χ1v) is 15.6. The smallest absolute Gasteiger partial charge is 0.140 e. The summed E-state index contributed by atoms with van der Waals surface area (Å²) in [5, 5.41) is 23.9. The van der Waals surface area contributed by atoms with Crippen molar-refractivity contribution < 1.29 is 0 Å². The highest BCUT2D eigenvalue weighted by molar-refractivity contribution is 6.10. The summed E-state index contributed by atoms with van der Waals surface area (Å²) in [6, 6.07) is 53.1. The molecular formula is C42H24N6. The van der Waals surface area contributed by atoms with Gasteiger partial charge in [0.1, 0.15) is 11.6 Å². The lowest BCUT2D eigenvalue weighted by Gasteiger charge is -2.15. The Morgan fingerprint density at radius 2 is 0.979 bits per heavy atom. The zero-order valence-corrected chi connectivity index (χ0v) is 25.5. The monoisotopic (exact) mass is 612 g/mol. The highest BCUT2D eigenvalue weighted by Gasteiger charge is 2.19. The van der Waals surface area contributed by atoms with Gasteiger partial charge in [-0.05, 0) is 66.7 Å². The first-order valence-electron chi connectivity index (χ1n) is 15.6. The molecule has 0 amide bonds. The maximum Gasteiger partial charge on any atom is 0.140 e. The van der Waals surface area contributed by atoms with E-state index in [2.05, 4.69) is 94.1 Å². The molecular weight excluding hydrogens is 589 g/mol. The van der Waals surface area contributed by atoms with Crippen LogP contribution < -0.4 is 0 Å². The van der Waals surface area contributed by atoms with Crippen molar-refractivity contribution in [1.82, 2.24) is 19.1 Å². The Kier molecular flexibility index (Phi) is 6.15. The van der Waals surface area contributed by atoms with Crippen LogP contribution in [0.5, 0.6) is 0 Å². The van der Waals surface area contributed by atoms with Gasteiger partial charge in [-0.15, -0.1) is 0 Å². The van der Waals surface area contributed by atoms with Gasteiger partial charge in [0.25, 0.3) is 0 Å². The number of hydrogen-bond donors (Lipinski definition) is 0. The number of rotatable bonds is 4. The maximum absolute atomic E-state index is 9.82. The molecule has 0 fully saturated rings. The minimum atomic E-state index is 0.575. The fraction of sp³-hybridized carbons (Fsp3) is 0. The van der Waals surface area contributed by atoms with Gasteiger partial charge in [0, 0.05) is 32.7 Å². The van der Waals surface area contributed by atoms with Crippen LogP contribution in [-0.2, 0) is 0 Å². The predicted molar refractivity (Wildman–Crippen MR) is 191 cm³/mol. The largest absolute Gasteiger partial charge is 0.294 e. The Balaban J connectivity index is 1.37. The van der Waals surface area contributed by atoms with E-state index in [-0.39, 0.29) is 0 Å². The highest BCUT2D eigenvalue weighted by atomic mass is 15.1. The van der Waals surface area contributed by atoms with Gasteiger partial charge in [0.2, 0.25) is 0 Å². The Morgan fingerprint density at radius 1 is 0.438 bits per heavy atom. The number of nitriles is 2. The van der Waals surface area contributed by atoms with E-state index in [1.165, 1.54) is 0 Å². The average molecular weight is 613 g/mol. The second-order valence-corrected chi connectivity index (χ2v) is 11.7. The van der Waals surface area contributed by atoms with Crippen molar-refractivity contribution in [3.8, 4) is 46.3 Å². The molecule has 0 aliphatic carbocycles. The third-order valence-corrected chi connectivity index (χ3v) is 9.01. The van der Waals surface area contributed by atoms with E-state index >= 15 is 0 Å². The van der Waals surface area contributed by atoms with Crippen LogP contribution in [0.15, 0.2) is 146 Å². The molecule has 0 saturated carbocycles. The normalized spacial score (nSPS) is 11.3. The summed E-state index contributed by atoms with van der Waals surface area (Å²) >= 11 is 0. The molecule has 222 valence electrons. The van der Waals surface area contributed by atoms with Crippen molar-refractivity contribution in [3.05, 3.63) is 157 Å². The van der Waals surface area contributed by atoms with Crippen molar-refractivity contribution in [2.45, 2.75) is 0 Å². The number of benzene rings is 5. The van der Waals surface area contributed by atoms with Gasteiger partial charge >= 0.3 is 0 Å². The van der Waals surface area contributed by atoms with Crippen LogP contribution in [0.4, 0.5) is 0 Å². The van der Waals surface area contributed by atoms with Crippen LogP contribution in [-0.4, -0.2) is 19.1 Å². The van der Waals surface area contributed by atoms with Crippen LogP contribution in [0.2, 0.25) is 0 Å². The zero-order valence-electron chi connectivity index (χ0n) is 25.5. The van der Waals surface area contributed by atoms with Crippen molar-refractivity contribution in [1.29, 1.82) is 10.5 Å². The Morgan fingerprint density at radius 3 is 1.60 bits per heavy atom. The second-order valence-electron chi connectivity index (χ2n) is 11.7. The van der Waals surface area contributed by atoms with E-state index < -0.39 is 0 Å². The minimum Gasteiger partial charge on any atom is -0.294 e. The highest BCUT2D eigenvalue weighted by Crippen LogP contribution is 2.36. The third kappa shape index (κ3) is 4.18. The van der Waals surface area contributed by atoms with Gasteiger partial charge < -0.3 is 0 Å². The molecule has 6 heteroatoms. The first-order chi connectivity index (χ1) is 23.7. The molecule has 0 saturated heterocycles. The van der Waals surface area contributed by atoms with Crippen molar-refractivity contribution in [2.24, 2.45) is 0 Å². The molecule has 48 heavy (non-hydrogen) atoms. The molecule has 0 aliphatic heterocycles. The van der Waals surface area contributed by atoms with Crippen LogP contribution in [0, 0.1) is 22.7 Å². The van der Waals surface area contributed by atoms with E-state index in [1.54, 1.807) is 0 Å². The number of hydrogen-bond acceptors (Lipinski definition) is 4. The van der Waals surface area contributed by atoms with E-state index in [0.29, 0.717) is 11.1 Å². The Labute approximate surface area is 275 Å². The molecule has 4 aromatic heterocycles. The van der Waals surface area contributed by atoms with Crippen LogP contribution in [0.3, 0.4) is 0 Å². The van der Waals surface area contributed by atoms with E-state index in [1.807, 2.05) is 72.8 Å². The number of para-hydroxylation sites is 3. The van der Waals surface area contributed by atoms with Gasteiger partial charge in [-0.3, -0.25) is 9.13 Å². The molecule has 5 aromatic carbocycles. The summed E-state index contributed by atoms with van der Waals surface area (Å²) < 4.78 is 4.38. The fourth-order valence-corrected chi connectivity index (χ4v) is 6.89. The second kappa shape index (κ2) is 10.8. The van der Waals surface area contributed by atoms with Crippen molar-refractivity contribution in [2.75, 3.05) is 0 Å². The summed E-state index contributed by atoms with van der Waals surface area (Å²) in [7, 11) is 0. The third-order valence-electron chi connectivity index (χ3n) is 9.01. The summed E-state index contributed by atoms with van der Waals surface area (Å²) in [6.45, 7) is 0. The van der Waals surface area contributed by atoms with Gasteiger partial charge in [-0.2, -0.15) is 10.5 Å². The van der Waals surface area contributed by atoms with Crippen LogP contribution in [0.1, 0.15) is 11.1 Å². The topological polar surface area (TPSA) is 83.2 Å². The molecule has 9 rings (SSSR count). The number of aromatic nitrogens is 4. The SMILES string of the molecule is N#Cc1ccc2c(c1)c1ccccc1n2-c1cc(-c2cccc(-c3ccccc3C#N)n2)cc(-n2c3ccccc3c3ccccc32)n1. The van der Waals surface area contributed by atoms with Crippen LogP contribution >= 0.6 is 0 Å². The lowest BCUT2D eigenvalue weighted by atomic mass is 10.0. The van der Waals surface area contributed by atoms with Crippen molar-refractivity contribution >= 4 is 43.6 Å². The lowest BCUT2D eigenvalue weighted by Crippen LogP contribution is -2.05. The fourth-order valence-electron chi connectivity index (χ4n) is 6.89. The first kappa shape index (κ1) is 27.3. The summed E-state index contributed by atoms with van der Waals surface area (Å²) in [5.41, 5.74) is 8.40. The Hall–Kier alpha value is -7.02. The van der Waals surface area contributed by atoms with E-state index in [4.69, 9.17) is 9.97 Å². The molecule has 0 spiro atoms. The van der Waals surface area contributed by atoms with E-state index in [9.17, 15) is 10.5 Å². The van der Waals surface area contributed by atoms with Gasteiger partial charge in [-0.1, -0.05) is 78.9 Å². The lowest BCUT2D eigenvalue weighted by molar-refractivity contribution is 1.01. The molecule has 0 bridgehead atoms. The summed E-state index contributed by atoms with van der Waals surface area (Å²) in [5.74, 6) is 1.48. The average Bonchev–Trinajstić information content (AvgIpc) is 3.67. The number of fused-ring (bicyclic) bond motifs is 6. The minimum absolute atomic E-state index is 0.575. The molecule has 0 N–H and O–H groups in total. The standard InChI is InChI=1S/C42H24N6/c43-25-27-20-21-40-34(22-27)33-14-5-8-19-39(33)48(40)42-24-29(35-15-9-16-36(45-35)30-11-2-1-10-28(30)26-44)23-41(46-42)47-37-17-6-3-12-31(37)32-13-4-7-18-38(32)47/h1-24H. The van der Waals surface area contributed by atoms with Crippen molar-refractivity contribution in [3.63, 3.8) is 0 Å². The predicted octanol–water partition coefficient (Wildman–Crippen LogP) is 9.75. The maximum atomic E-state index is 9.82.